The molecule has 50 heavy (non-hydrogen) atoms. The van der Waals surface area contributed by atoms with E-state index in [-0.39, 0.29) is 0 Å². The Bertz CT molecular complexity index is 2330. The van der Waals surface area contributed by atoms with Gasteiger partial charge in [-0.3, -0.25) is 4.99 Å². The lowest BCUT2D eigenvalue weighted by Gasteiger charge is -2.19. The molecule has 1 aliphatic rings. The standard InChI is InChI=1S/C33H26.C16H17N/c1-23-16-18-24(19-17-23)27-20-21-30-31(22-27)33(26-12-6-3-7-13-26)29-15-9-8-14-28(29)32(30)25-10-4-2-5-11-25;1-3-15(14-10-5-4-6-11-14)17-16-12-8-7-9-13(16)2/h2-16,18-23H,17H2,1H3;4-12H,3H2,1-2H3. The number of para-hydroxylation sites is 1. The first-order valence-electron chi connectivity index (χ1n) is 17.8. The Morgan fingerprint density at radius 1 is 0.580 bits per heavy atom. The maximum absolute atomic E-state index is 4.76. The molecule has 0 amide bonds. The van der Waals surface area contributed by atoms with E-state index in [1.807, 2.05) is 18.2 Å². The molecule has 0 heterocycles. The van der Waals surface area contributed by atoms with Crippen LogP contribution in [-0.2, 0) is 0 Å². The molecule has 0 saturated carbocycles. The van der Waals surface area contributed by atoms with E-state index in [1.54, 1.807) is 0 Å². The summed E-state index contributed by atoms with van der Waals surface area (Å²) in [5.74, 6) is 0.614. The summed E-state index contributed by atoms with van der Waals surface area (Å²) in [6.45, 7) is 6.51. The second-order valence-electron chi connectivity index (χ2n) is 13.1. The molecule has 244 valence electrons. The lowest BCUT2D eigenvalue weighted by molar-refractivity contribution is 0.739. The maximum atomic E-state index is 4.76. The quantitative estimate of drug-likeness (QED) is 0.126. The number of aryl methyl sites for hydroxylation is 1. The van der Waals surface area contributed by atoms with Gasteiger partial charge < -0.3 is 0 Å². The Balaban J connectivity index is 0.000000195. The number of allylic oxidation sites excluding steroid dienone is 4. The molecule has 0 spiro atoms. The zero-order chi connectivity index (χ0) is 34.3. The summed E-state index contributed by atoms with van der Waals surface area (Å²) in [4.78, 5) is 4.76. The number of hydrogen-bond donors (Lipinski definition) is 0. The van der Waals surface area contributed by atoms with Gasteiger partial charge >= 0.3 is 0 Å². The normalized spacial score (nSPS) is 14.3. The number of benzene rings is 7. The van der Waals surface area contributed by atoms with Crippen LogP contribution in [0.15, 0.2) is 181 Å². The van der Waals surface area contributed by atoms with Crippen LogP contribution in [0.5, 0.6) is 0 Å². The van der Waals surface area contributed by atoms with Crippen LogP contribution in [-0.4, -0.2) is 5.71 Å². The topological polar surface area (TPSA) is 12.4 Å². The summed E-state index contributed by atoms with van der Waals surface area (Å²) in [7, 11) is 0. The smallest absolute Gasteiger partial charge is 0.0662 e. The first kappa shape index (κ1) is 32.7. The molecule has 1 unspecified atom stereocenters. The van der Waals surface area contributed by atoms with Crippen LogP contribution in [0.4, 0.5) is 5.69 Å². The lowest BCUT2D eigenvalue weighted by atomic mass is 9.84. The van der Waals surface area contributed by atoms with Crippen molar-refractivity contribution in [2.45, 2.75) is 33.6 Å². The summed E-state index contributed by atoms with van der Waals surface area (Å²) in [5.41, 5.74) is 12.4. The minimum Gasteiger partial charge on any atom is -0.253 e. The third kappa shape index (κ3) is 7.00. The van der Waals surface area contributed by atoms with Crippen molar-refractivity contribution in [1.82, 2.24) is 0 Å². The zero-order valence-corrected chi connectivity index (χ0v) is 29.2. The van der Waals surface area contributed by atoms with Gasteiger partial charge in [0.25, 0.3) is 0 Å². The SMILES string of the molecule is CC1C=CC(c2ccc3c(-c4ccccc4)c4ccccc4c(-c4ccccc4)c3c2)=CC1.CCC(=Nc1ccccc1C)c1ccccc1. The van der Waals surface area contributed by atoms with Gasteiger partial charge in [-0.1, -0.05) is 178 Å². The third-order valence-electron chi connectivity index (χ3n) is 9.61. The molecule has 1 heteroatoms. The molecule has 7 aromatic carbocycles. The fourth-order valence-corrected chi connectivity index (χ4v) is 6.94. The summed E-state index contributed by atoms with van der Waals surface area (Å²) < 4.78 is 0. The average Bonchev–Trinajstić information content (AvgIpc) is 3.18. The van der Waals surface area contributed by atoms with E-state index in [9.17, 15) is 0 Å². The molecule has 0 fully saturated rings. The van der Waals surface area contributed by atoms with Crippen LogP contribution < -0.4 is 0 Å². The summed E-state index contributed by atoms with van der Waals surface area (Å²) in [5, 5.41) is 5.21. The van der Waals surface area contributed by atoms with Crippen molar-refractivity contribution in [1.29, 1.82) is 0 Å². The predicted molar refractivity (Wildman–Crippen MR) is 217 cm³/mol. The Hall–Kier alpha value is -5.79. The molecular weight excluding hydrogens is 603 g/mol. The zero-order valence-electron chi connectivity index (χ0n) is 29.2. The molecule has 1 atom stereocenters. The van der Waals surface area contributed by atoms with Gasteiger partial charge in [-0.15, -0.1) is 0 Å². The number of rotatable bonds is 6. The van der Waals surface area contributed by atoms with Gasteiger partial charge in [0.1, 0.15) is 0 Å². The third-order valence-corrected chi connectivity index (χ3v) is 9.61. The van der Waals surface area contributed by atoms with E-state index < -0.39 is 0 Å². The van der Waals surface area contributed by atoms with Crippen LogP contribution >= 0.6 is 0 Å². The fraction of sp³-hybridized carbons (Fsp3) is 0.122. The summed E-state index contributed by atoms with van der Waals surface area (Å²) in [6.07, 6.45) is 9.04. The van der Waals surface area contributed by atoms with Gasteiger partial charge in [-0.05, 0) is 104 Å². The molecule has 7 aromatic rings. The number of hydrogen-bond acceptors (Lipinski definition) is 1. The highest BCUT2D eigenvalue weighted by Crippen LogP contribution is 2.44. The van der Waals surface area contributed by atoms with Gasteiger partial charge in [-0.2, -0.15) is 0 Å². The first-order chi connectivity index (χ1) is 24.6. The van der Waals surface area contributed by atoms with E-state index >= 15 is 0 Å². The molecule has 8 rings (SSSR count). The van der Waals surface area contributed by atoms with Crippen molar-refractivity contribution in [3.8, 4) is 22.3 Å². The van der Waals surface area contributed by atoms with Crippen molar-refractivity contribution in [2.75, 3.05) is 0 Å². The van der Waals surface area contributed by atoms with E-state index in [0.29, 0.717) is 5.92 Å². The molecule has 0 aliphatic heterocycles. The van der Waals surface area contributed by atoms with Crippen molar-refractivity contribution in [3.63, 3.8) is 0 Å². The van der Waals surface area contributed by atoms with Crippen LogP contribution in [0.25, 0.3) is 49.4 Å². The molecule has 0 saturated heterocycles. The van der Waals surface area contributed by atoms with E-state index in [1.165, 1.54) is 66.1 Å². The highest BCUT2D eigenvalue weighted by molar-refractivity contribution is 6.21. The molecule has 0 bridgehead atoms. The molecule has 0 N–H and O–H groups in total. The van der Waals surface area contributed by atoms with Crippen LogP contribution in [0.3, 0.4) is 0 Å². The molecule has 0 radical (unpaired) electrons. The molecular formula is C49H43N. The van der Waals surface area contributed by atoms with Crippen molar-refractivity contribution < 1.29 is 0 Å². The van der Waals surface area contributed by atoms with Gasteiger partial charge in [0.05, 0.1) is 5.69 Å². The monoisotopic (exact) mass is 645 g/mol. The second-order valence-corrected chi connectivity index (χ2v) is 13.1. The van der Waals surface area contributed by atoms with Crippen molar-refractivity contribution in [2.24, 2.45) is 10.9 Å². The minimum absolute atomic E-state index is 0.614. The number of aliphatic imine (C=N–C) groups is 1. The van der Waals surface area contributed by atoms with Gasteiger partial charge in [0.2, 0.25) is 0 Å². The highest BCUT2D eigenvalue weighted by atomic mass is 14.7. The van der Waals surface area contributed by atoms with E-state index in [0.717, 1.165) is 24.2 Å². The molecule has 1 aliphatic carbocycles. The van der Waals surface area contributed by atoms with Crippen molar-refractivity contribution in [3.05, 3.63) is 193 Å². The van der Waals surface area contributed by atoms with Gasteiger partial charge in [-0.25, -0.2) is 0 Å². The number of fused-ring (bicyclic) bond motifs is 2. The highest BCUT2D eigenvalue weighted by Gasteiger charge is 2.17. The fourth-order valence-electron chi connectivity index (χ4n) is 6.94. The van der Waals surface area contributed by atoms with E-state index in [4.69, 9.17) is 4.99 Å². The van der Waals surface area contributed by atoms with Crippen LogP contribution in [0, 0.1) is 12.8 Å². The Labute approximate surface area is 297 Å². The summed E-state index contributed by atoms with van der Waals surface area (Å²) >= 11 is 0. The predicted octanol–water partition coefficient (Wildman–Crippen LogP) is 13.8. The first-order valence-corrected chi connectivity index (χ1v) is 17.8. The summed E-state index contributed by atoms with van der Waals surface area (Å²) in [6, 6.07) is 56.1. The van der Waals surface area contributed by atoms with Gasteiger partial charge in [0, 0.05) is 5.71 Å². The molecule has 0 aromatic heterocycles. The Morgan fingerprint density at radius 2 is 1.12 bits per heavy atom. The number of nitrogens with zero attached hydrogens (tertiary/aromatic N) is 1. The second kappa shape index (κ2) is 15.2. The maximum Gasteiger partial charge on any atom is 0.0662 e. The minimum atomic E-state index is 0.614. The largest absolute Gasteiger partial charge is 0.253 e. The molecule has 1 nitrogen and oxygen atoms in total. The van der Waals surface area contributed by atoms with Crippen LogP contribution in [0.2, 0.25) is 0 Å². The Kier molecular flexibility index (Phi) is 9.94. The van der Waals surface area contributed by atoms with Crippen molar-refractivity contribution >= 4 is 38.5 Å². The average molecular weight is 646 g/mol. The van der Waals surface area contributed by atoms with Crippen LogP contribution in [0.1, 0.15) is 43.4 Å². The Morgan fingerprint density at radius 3 is 1.70 bits per heavy atom. The van der Waals surface area contributed by atoms with E-state index in [2.05, 4.69) is 179 Å². The lowest BCUT2D eigenvalue weighted by Crippen LogP contribution is -1.98. The van der Waals surface area contributed by atoms with Gasteiger partial charge in [0.15, 0.2) is 0 Å².